The number of ketones is 1. The highest BCUT2D eigenvalue weighted by molar-refractivity contribution is 6.01. The molecule has 2 atom stereocenters. The van der Waals surface area contributed by atoms with Gasteiger partial charge >= 0.3 is 0 Å². The van der Waals surface area contributed by atoms with E-state index < -0.39 is 0 Å². The Hall–Kier alpha value is -1.89. The van der Waals surface area contributed by atoms with Crippen molar-refractivity contribution in [2.75, 3.05) is 0 Å². The summed E-state index contributed by atoms with van der Waals surface area (Å²) in [5, 5.41) is 0. The van der Waals surface area contributed by atoms with Crippen LogP contribution in [-0.4, -0.2) is 5.78 Å². The van der Waals surface area contributed by atoms with Gasteiger partial charge in [0.05, 0.1) is 0 Å². The molecule has 1 saturated carbocycles. The van der Waals surface area contributed by atoms with Crippen LogP contribution in [0.3, 0.4) is 0 Å². The van der Waals surface area contributed by atoms with Crippen LogP contribution in [0.15, 0.2) is 54.6 Å². The van der Waals surface area contributed by atoms with E-state index in [0.29, 0.717) is 11.7 Å². The number of Topliss-reactive ketones (excluding diaryl/α,β-unsaturated/α-hetero) is 1. The second-order valence-electron chi connectivity index (χ2n) is 5.23. The third kappa shape index (κ3) is 2.33. The Bertz CT molecular complexity index is 586. The van der Waals surface area contributed by atoms with E-state index in [1.807, 2.05) is 24.3 Å². The van der Waals surface area contributed by atoms with Crippen molar-refractivity contribution in [3.63, 3.8) is 0 Å². The van der Waals surface area contributed by atoms with Crippen LogP contribution in [0.1, 0.15) is 40.7 Å². The summed E-state index contributed by atoms with van der Waals surface area (Å²) in [5.41, 5.74) is 3.40. The molecule has 0 saturated heterocycles. The minimum Gasteiger partial charge on any atom is -0.294 e. The summed E-state index contributed by atoms with van der Waals surface area (Å²) in [4.78, 5) is 12.6. The predicted octanol–water partition coefficient (Wildman–Crippen LogP) is 4.24. The highest BCUT2D eigenvalue weighted by Crippen LogP contribution is 2.49. The number of rotatable bonds is 4. The van der Waals surface area contributed by atoms with Gasteiger partial charge in [0, 0.05) is 11.5 Å². The average molecular weight is 250 g/mol. The van der Waals surface area contributed by atoms with Crippen molar-refractivity contribution in [2.45, 2.75) is 25.7 Å². The van der Waals surface area contributed by atoms with Gasteiger partial charge < -0.3 is 0 Å². The van der Waals surface area contributed by atoms with Crippen LogP contribution in [0.25, 0.3) is 0 Å². The van der Waals surface area contributed by atoms with E-state index in [-0.39, 0.29) is 5.92 Å². The van der Waals surface area contributed by atoms with Crippen molar-refractivity contribution in [3.8, 4) is 0 Å². The molecule has 1 fully saturated rings. The lowest BCUT2D eigenvalue weighted by molar-refractivity contribution is 0.0964. The minimum atomic E-state index is 0.190. The Kier molecular flexibility index (Phi) is 3.20. The summed E-state index contributed by atoms with van der Waals surface area (Å²) in [6, 6.07) is 18.4. The van der Waals surface area contributed by atoms with E-state index in [4.69, 9.17) is 0 Å². The first kappa shape index (κ1) is 12.2. The molecule has 0 bridgehead atoms. The van der Waals surface area contributed by atoms with Crippen LogP contribution in [0.2, 0.25) is 0 Å². The lowest BCUT2D eigenvalue weighted by atomic mass is 9.97. The molecule has 1 heteroatoms. The van der Waals surface area contributed by atoms with E-state index in [1.165, 1.54) is 11.1 Å². The van der Waals surface area contributed by atoms with Crippen LogP contribution in [0.5, 0.6) is 0 Å². The normalized spacial score (nSPS) is 21.1. The number of benzene rings is 2. The van der Waals surface area contributed by atoms with E-state index in [0.717, 1.165) is 18.4 Å². The summed E-state index contributed by atoms with van der Waals surface area (Å²) >= 11 is 0. The molecule has 1 aliphatic carbocycles. The number of carbonyl (C=O) groups excluding carboxylic acids is 1. The first-order chi connectivity index (χ1) is 9.31. The topological polar surface area (TPSA) is 17.1 Å². The second kappa shape index (κ2) is 5.00. The zero-order valence-electron chi connectivity index (χ0n) is 11.2. The molecule has 0 radical (unpaired) electrons. The van der Waals surface area contributed by atoms with Gasteiger partial charge in [0.2, 0.25) is 0 Å². The largest absolute Gasteiger partial charge is 0.294 e. The predicted molar refractivity (Wildman–Crippen MR) is 77.4 cm³/mol. The smallest absolute Gasteiger partial charge is 0.166 e. The summed E-state index contributed by atoms with van der Waals surface area (Å²) in [5.74, 6) is 0.944. The van der Waals surface area contributed by atoms with Gasteiger partial charge in [-0.3, -0.25) is 4.79 Å². The van der Waals surface area contributed by atoms with Crippen molar-refractivity contribution < 1.29 is 4.79 Å². The van der Waals surface area contributed by atoms with Gasteiger partial charge in [0.15, 0.2) is 5.78 Å². The molecule has 0 heterocycles. The van der Waals surface area contributed by atoms with Gasteiger partial charge in [0.25, 0.3) is 0 Å². The van der Waals surface area contributed by atoms with Gasteiger partial charge in [-0.15, -0.1) is 0 Å². The fraction of sp³-hybridized carbons (Fsp3) is 0.278. The number of carbonyl (C=O) groups is 1. The van der Waals surface area contributed by atoms with E-state index >= 15 is 0 Å². The second-order valence-corrected chi connectivity index (χ2v) is 5.23. The molecule has 1 nitrogen and oxygen atoms in total. The van der Waals surface area contributed by atoms with Crippen LogP contribution in [0.4, 0.5) is 0 Å². The molecule has 96 valence electrons. The van der Waals surface area contributed by atoms with Gasteiger partial charge in [-0.1, -0.05) is 61.5 Å². The van der Waals surface area contributed by atoms with Crippen LogP contribution >= 0.6 is 0 Å². The lowest BCUT2D eigenvalue weighted by Crippen LogP contribution is -2.06. The SMILES string of the molecule is CCc1ccccc1C(=O)C1CC1c1ccccc1. The zero-order valence-corrected chi connectivity index (χ0v) is 11.2. The highest BCUT2D eigenvalue weighted by atomic mass is 16.1. The van der Waals surface area contributed by atoms with E-state index in [2.05, 4.69) is 37.3 Å². The fourth-order valence-electron chi connectivity index (χ4n) is 2.82. The molecule has 0 amide bonds. The van der Waals surface area contributed by atoms with Crippen molar-refractivity contribution in [1.82, 2.24) is 0 Å². The Labute approximate surface area is 114 Å². The average Bonchev–Trinajstić information content (AvgIpc) is 3.28. The maximum absolute atomic E-state index is 12.6. The van der Waals surface area contributed by atoms with E-state index in [9.17, 15) is 4.79 Å². The Morgan fingerprint density at radius 1 is 1.05 bits per heavy atom. The summed E-state index contributed by atoms with van der Waals surface area (Å²) < 4.78 is 0. The summed E-state index contributed by atoms with van der Waals surface area (Å²) in [6.07, 6.45) is 1.92. The first-order valence-electron chi connectivity index (χ1n) is 6.98. The molecule has 19 heavy (non-hydrogen) atoms. The van der Waals surface area contributed by atoms with Crippen LogP contribution in [-0.2, 0) is 6.42 Å². The Morgan fingerprint density at radius 3 is 2.47 bits per heavy atom. The van der Waals surface area contributed by atoms with Gasteiger partial charge in [-0.25, -0.2) is 0 Å². The summed E-state index contributed by atoms with van der Waals surface area (Å²) in [7, 11) is 0. The summed E-state index contributed by atoms with van der Waals surface area (Å²) in [6.45, 7) is 2.10. The molecule has 0 aromatic heterocycles. The van der Waals surface area contributed by atoms with Gasteiger partial charge in [-0.2, -0.15) is 0 Å². The monoisotopic (exact) mass is 250 g/mol. The highest BCUT2D eigenvalue weighted by Gasteiger charge is 2.44. The van der Waals surface area contributed by atoms with Crippen molar-refractivity contribution in [3.05, 3.63) is 71.3 Å². The third-order valence-electron chi connectivity index (χ3n) is 4.02. The van der Waals surface area contributed by atoms with Gasteiger partial charge in [0.1, 0.15) is 0 Å². The first-order valence-corrected chi connectivity index (χ1v) is 6.98. The van der Waals surface area contributed by atoms with Crippen LogP contribution in [0, 0.1) is 5.92 Å². The molecule has 2 unspecified atom stereocenters. The maximum Gasteiger partial charge on any atom is 0.166 e. The quantitative estimate of drug-likeness (QED) is 0.742. The molecule has 0 spiro atoms. The third-order valence-corrected chi connectivity index (χ3v) is 4.02. The minimum absolute atomic E-state index is 0.190. The molecular formula is C18H18O. The van der Waals surface area contributed by atoms with Crippen molar-refractivity contribution in [1.29, 1.82) is 0 Å². The number of aryl methyl sites for hydroxylation is 1. The molecule has 3 rings (SSSR count). The number of hydrogen-bond acceptors (Lipinski definition) is 1. The standard InChI is InChI=1S/C18H18O/c1-2-13-8-6-7-11-15(13)18(19)17-12-16(17)14-9-4-3-5-10-14/h3-11,16-17H,2,12H2,1H3. The van der Waals surface area contributed by atoms with Crippen molar-refractivity contribution in [2.24, 2.45) is 5.92 Å². The number of hydrogen-bond donors (Lipinski definition) is 0. The van der Waals surface area contributed by atoms with Crippen molar-refractivity contribution >= 4 is 5.78 Å². The van der Waals surface area contributed by atoms with Gasteiger partial charge in [-0.05, 0) is 29.9 Å². The molecule has 1 aliphatic rings. The van der Waals surface area contributed by atoms with E-state index in [1.54, 1.807) is 0 Å². The molecule has 2 aromatic carbocycles. The molecular weight excluding hydrogens is 232 g/mol. The Balaban J connectivity index is 1.80. The van der Waals surface area contributed by atoms with Crippen LogP contribution < -0.4 is 0 Å². The fourth-order valence-corrected chi connectivity index (χ4v) is 2.82. The zero-order chi connectivity index (χ0) is 13.2. The Morgan fingerprint density at radius 2 is 1.74 bits per heavy atom. The molecule has 0 aliphatic heterocycles. The maximum atomic E-state index is 12.6. The molecule has 2 aromatic rings. The molecule has 0 N–H and O–H groups in total. The lowest BCUT2D eigenvalue weighted by Gasteiger charge is -2.06.